The van der Waals surface area contributed by atoms with Crippen LogP contribution in [0.15, 0.2) is 42.5 Å². The van der Waals surface area contributed by atoms with E-state index in [4.69, 9.17) is 14.2 Å². The molecule has 6 nitrogen and oxygen atoms in total. The third-order valence-corrected chi connectivity index (χ3v) is 6.74. The molecule has 0 saturated carbocycles. The van der Waals surface area contributed by atoms with Crippen molar-refractivity contribution in [3.8, 4) is 17.2 Å². The van der Waals surface area contributed by atoms with Crippen molar-refractivity contribution in [2.75, 3.05) is 40.4 Å². The number of para-hydroxylation sites is 1. The molecule has 178 valence electrons. The van der Waals surface area contributed by atoms with E-state index in [0.717, 1.165) is 57.4 Å². The number of ether oxygens (including phenoxy) is 3. The van der Waals surface area contributed by atoms with Crippen molar-refractivity contribution in [3.63, 3.8) is 0 Å². The minimum absolute atomic E-state index is 0.0568. The summed E-state index contributed by atoms with van der Waals surface area (Å²) >= 11 is 0. The highest BCUT2D eigenvalue weighted by Gasteiger charge is 2.30. The first-order valence-corrected chi connectivity index (χ1v) is 11.7. The zero-order valence-corrected chi connectivity index (χ0v) is 19.5. The van der Waals surface area contributed by atoms with Gasteiger partial charge in [0.05, 0.1) is 20.6 Å². The predicted molar refractivity (Wildman–Crippen MR) is 124 cm³/mol. The van der Waals surface area contributed by atoms with E-state index < -0.39 is 0 Å². The van der Waals surface area contributed by atoms with Crippen LogP contribution in [0.3, 0.4) is 0 Å². The molecule has 0 unspecified atom stereocenters. The molecule has 2 aliphatic rings. The molecule has 2 aromatic rings. The summed E-state index contributed by atoms with van der Waals surface area (Å²) in [6, 6.07) is 12.7. The fraction of sp³-hybridized carbons (Fsp3) is 0.500. The van der Waals surface area contributed by atoms with E-state index in [1.54, 1.807) is 32.4 Å². The fourth-order valence-corrected chi connectivity index (χ4v) is 4.84. The van der Waals surface area contributed by atoms with Crippen LogP contribution in [0.2, 0.25) is 0 Å². The minimum atomic E-state index is -0.301. The lowest BCUT2D eigenvalue weighted by molar-refractivity contribution is -0.132. The number of hydrogen-bond donors (Lipinski definition) is 0. The normalized spacial score (nSPS) is 18.2. The number of halogens is 1. The molecule has 0 radical (unpaired) electrons. The molecule has 0 bridgehead atoms. The summed E-state index contributed by atoms with van der Waals surface area (Å²) in [5, 5.41) is 0. The Morgan fingerprint density at radius 3 is 2.27 bits per heavy atom. The summed E-state index contributed by atoms with van der Waals surface area (Å²) in [4.78, 5) is 17.3. The van der Waals surface area contributed by atoms with E-state index in [1.807, 2.05) is 23.1 Å². The summed E-state index contributed by atoms with van der Waals surface area (Å²) in [7, 11) is 3.20. The lowest BCUT2D eigenvalue weighted by Gasteiger charge is -2.41. The summed E-state index contributed by atoms with van der Waals surface area (Å²) in [6.07, 6.45) is 4.18. The van der Waals surface area contributed by atoms with Crippen LogP contribution in [0.1, 0.15) is 31.2 Å². The molecule has 0 aliphatic carbocycles. The lowest BCUT2D eigenvalue weighted by atomic mass is 9.98. The third-order valence-electron chi connectivity index (χ3n) is 6.74. The molecular formula is C26H33FN2O4. The van der Waals surface area contributed by atoms with Crippen molar-refractivity contribution in [2.45, 2.75) is 44.2 Å². The number of hydrogen-bond acceptors (Lipinski definition) is 5. The number of amides is 1. The van der Waals surface area contributed by atoms with E-state index in [9.17, 15) is 9.18 Å². The molecule has 2 heterocycles. The summed E-state index contributed by atoms with van der Waals surface area (Å²) in [5.74, 6) is 1.50. The Hall–Kier alpha value is -2.80. The van der Waals surface area contributed by atoms with Gasteiger partial charge in [0.1, 0.15) is 6.10 Å². The standard InChI is InChI=1S/C26H33FN2O4/c1-31-24-8-7-19(17-25(24)32-2)18-26(30)29-13-9-20(10-14-29)28-15-11-21(12-16-28)33-23-6-4-3-5-22(23)27/h3-8,17,20-21H,9-16,18H2,1-2H3. The predicted octanol–water partition coefficient (Wildman–Crippen LogP) is 3.92. The molecule has 1 amide bonds. The van der Waals surface area contributed by atoms with Crippen LogP contribution in [-0.2, 0) is 11.2 Å². The Bertz CT molecular complexity index is 938. The Kier molecular flexibility index (Phi) is 7.70. The van der Waals surface area contributed by atoms with Gasteiger partial charge in [0.15, 0.2) is 23.1 Å². The van der Waals surface area contributed by atoms with Gasteiger partial charge in [-0.25, -0.2) is 4.39 Å². The fourth-order valence-electron chi connectivity index (χ4n) is 4.84. The van der Waals surface area contributed by atoms with Crippen LogP contribution >= 0.6 is 0 Å². The van der Waals surface area contributed by atoms with E-state index in [2.05, 4.69) is 4.90 Å². The quantitative estimate of drug-likeness (QED) is 0.632. The maximum absolute atomic E-state index is 13.8. The maximum atomic E-state index is 13.8. The number of benzene rings is 2. The largest absolute Gasteiger partial charge is 0.493 e. The van der Waals surface area contributed by atoms with Crippen molar-refractivity contribution in [2.24, 2.45) is 0 Å². The number of carbonyl (C=O) groups is 1. The molecule has 2 saturated heterocycles. The molecule has 2 aliphatic heterocycles. The molecule has 0 spiro atoms. The molecule has 0 atom stereocenters. The molecule has 2 aromatic carbocycles. The number of rotatable bonds is 7. The van der Waals surface area contributed by atoms with Gasteiger partial charge in [0.25, 0.3) is 0 Å². The Morgan fingerprint density at radius 2 is 1.61 bits per heavy atom. The second kappa shape index (κ2) is 10.9. The van der Waals surface area contributed by atoms with Gasteiger partial charge in [-0.3, -0.25) is 9.69 Å². The zero-order valence-electron chi connectivity index (χ0n) is 19.5. The highest BCUT2D eigenvalue weighted by molar-refractivity contribution is 5.79. The van der Waals surface area contributed by atoms with Gasteiger partial charge in [-0.15, -0.1) is 0 Å². The lowest BCUT2D eigenvalue weighted by Crippen LogP contribution is -2.50. The highest BCUT2D eigenvalue weighted by atomic mass is 19.1. The second-order valence-electron chi connectivity index (χ2n) is 8.76. The molecular weight excluding hydrogens is 423 g/mol. The first kappa shape index (κ1) is 23.4. The van der Waals surface area contributed by atoms with Gasteiger partial charge >= 0.3 is 0 Å². The van der Waals surface area contributed by atoms with Crippen LogP contribution in [0.5, 0.6) is 17.2 Å². The molecule has 33 heavy (non-hydrogen) atoms. The van der Waals surface area contributed by atoms with Crippen molar-refractivity contribution in [3.05, 3.63) is 53.8 Å². The third kappa shape index (κ3) is 5.77. The molecule has 2 fully saturated rings. The Morgan fingerprint density at radius 1 is 0.909 bits per heavy atom. The van der Waals surface area contributed by atoms with Gasteiger partial charge in [-0.05, 0) is 55.5 Å². The van der Waals surface area contributed by atoms with E-state index in [1.165, 1.54) is 6.07 Å². The number of piperidine rings is 2. The average Bonchev–Trinajstić information content (AvgIpc) is 2.86. The van der Waals surface area contributed by atoms with E-state index in [-0.39, 0.29) is 17.8 Å². The van der Waals surface area contributed by atoms with E-state index >= 15 is 0 Å². The summed E-state index contributed by atoms with van der Waals surface area (Å²) in [5.41, 5.74) is 0.927. The van der Waals surface area contributed by atoms with Crippen molar-refractivity contribution < 1.29 is 23.4 Å². The molecule has 7 heteroatoms. The zero-order chi connectivity index (χ0) is 23.2. The van der Waals surface area contributed by atoms with Gasteiger partial charge in [0, 0.05) is 32.2 Å². The number of nitrogens with zero attached hydrogens (tertiary/aromatic N) is 2. The highest BCUT2D eigenvalue weighted by Crippen LogP contribution is 2.29. The number of likely N-dealkylation sites (tertiary alicyclic amines) is 2. The second-order valence-corrected chi connectivity index (χ2v) is 8.76. The Balaban J connectivity index is 1.22. The van der Waals surface area contributed by atoms with Gasteiger partial charge in [-0.2, -0.15) is 0 Å². The van der Waals surface area contributed by atoms with E-state index in [0.29, 0.717) is 29.7 Å². The first-order valence-electron chi connectivity index (χ1n) is 11.7. The number of methoxy groups -OCH3 is 2. The van der Waals surface area contributed by atoms with Gasteiger partial charge in [-0.1, -0.05) is 18.2 Å². The summed E-state index contributed by atoms with van der Waals surface area (Å²) < 4.78 is 30.4. The molecule has 0 N–H and O–H groups in total. The monoisotopic (exact) mass is 456 g/mol. The minimum Gasteiger partial charge on any atom is -0.493 e. The molecule has 0 aromatic heterocycles. The summed E-state index contributed by atoms with van der Waals surface area (Å²) in [6.45, 7) is 3.46. The smallest absolute Gasteiger partial charge is 0.226 e. The first-order chi connectivity index (χ1) is 16.1. The van der Waals surface area contributed by atoms with Crippen LogP contribution in [0, 0.1) is 5.82 Å². The SMILES string of the molecule is COc1ccc(CC(=O)N2CCC(N3CCC(Oc4ccccc4F)CC3)CC2)cc1OC. The Labute approximate surface area is 195 Å². The van der Waals surface area contributed by atoms with Crippen molar-refractivity contribution in [1.82, 2.24) is 9.80 Å². The maximum Gasteiger partial charge on any atom is 0.226 e. The molecule has 4 rings (SSSR count). The number of carbonyl (C=O) groups excluding carboxylic acids is 1. The van der Waals surface area contributed by atoms with Crippen LogP contribution in [0.25, 0.3) is 0 Å². The average molecular weight is 457 g/mol. The van der Waals surface area contributed by atoms with Gasteiger partial charge < -0.3 is 19.1 Å². The van der Waals surface area contributed by atoms with Gasteiger partial charge in [0.2, 0.25) is 5.91 Å². The van der Waals surface area contributed by atoms with Crippen LogP contribution in [-0.4, -0.2) is 68.3 Å². The van der Waals surface area contributed by atoms with Crippen LogP contribution < -0.4 is 14.2 Å². The van der Waals surface area contributed by atoms with Crippen molar-refractivity contribution in [1.29, 1.82) is 0 Å². The topological polar surface area (TPSA) is 51.2 Å². The van der Waals surface area contributed by atoms with Crippen LogP contribution in [0.4, 0.5) is 4.39 Å². The van der Waals surface area contributed by atoms with Crippen molar-refractivity contribution >= 4 is 5.91 Å².